The fraction of sp³-hybridized carbons (Fsp3) is 0.400. The number of aliphatic hydroxyl groups is 1. The van der Waals surface area contributed by atoms with Crippen molar-refractivity contribution in [2.24, 2.45) is 0 Å². The van der Waals surface area contributed by atoms with Gasteiger partial charge in [0, 0.05) is 44.5 Å². The molecule has 0 spiro atoms. The molecule has 2 aromatic carbocycles. The molecule has 0 saturated carbocycles. The van der Waals surface area contributed by atoms with E-state index in [0.717, 1.165) is 32.2 Å². The summed E-state index contributed by atoms with van der Waals surface area (Å²) in [4.78, 5) is 4.55. The van der Waals surface area contributed by atoms with Crippen LogP contribution in [0, 0.1) is 12.7 Å². The van der Waals surface area contributed by atoms with Gasteiger partial charge in [-0.3, -0.25) is 4.90 Å². The molecule has 0 radical (unpaired) electrons. The summed E-state index contributed by atoms with van der Waals surface area (Å²) >= 11 is 0. The number of ether oxygens (including phenoxy) is 1. The molecule has 1 aliphatic rings. The van der Waals surface area contributed by atoms with E-state index in [-0.39, 0.29) is 6.61 Å². The van der Waals surface area contributed by atoms with Crippen LogP contribution in [0.5, 0.6) is 11.5 Å². The number of aromatic hydroxyl groups is 1. The molecular formula is C20H25FN2O3. The Bertz CT molecular complexity index is 715. The zero-order chi connectivity index (χ0) is 18.5. The van der Waals surface area contributed by atoms with E-state index in [2.05, 4.69) is 41.0 Å². The van der Waals surface area contributed by atoms with Crippen molar-refractivity contribution < 1.29 is 19.3 Å². The Morgan fingerprint density at radius 1 is 1.08 bits per heavy atom. The van der Waals surface area contributed by atoms with E-state index in [0.29, 0.717) is 12.3 Å². The Labute approximate surface area is 153 Å². The maximum absolute atomic E-state index is 13.3. The van der Waals surface area contributed by atoms with E-state index in [1.165, 1.54) is 23.4 Å². The highest BCUT2D eigenvalue weighted by molar-refractivity contribution is 5.47. The number of hydrogen-bond acceptors (Lipinski definition) is 5. The lowest BCUT2D eigenvalue weighted by atomic mass is 10.2. The molecule has 0 aliphatic carbocycles. The predicted octanol–water partition coefficient (Wildman–Crippen LogP) is 2.40. The van der Waals surface area contributed by atoms with Crippen LogP contribution in [-0.2, 0) is 0 Å². The van der Waals surface area contributed by atoms with Crippen LogP contribution < -0.4 is 9.64 Å². The Morgan fingerprint density at radius 3 is 2.42 bits per heavy atom. The number of aryl methyl sites for hydroxylation is 1. The number of phenolic OH excluding ortho intramolecular Hbond substituents is 1. The monoisotopic (exact) mass is 360 g/mol. The fourth-order valence-corrected chi connectivity index (χ4v) is 3.06. The van der Waals surface area contributed by atoms with Crippen LogP contribution in [0.1, 0.15) is 5.56 Å². The molecule has 0 aromatic heterocycles. The lowest BCUT2D eigenvalue weighted by Gasteiger charge is -2.36. The van der Waals surface area contributed by atoms with Crippen LogP contribution >= 0.6 is 0 Å². The highest BCUT2D eigenvalue weighted by Gasteiger charge is 2.19. The van der Waals surface area contributed by atoms with Gasteiger partial charge >= 0.3 is 0 Å². The summed E-state index contributed by atoms with van der Waals surface area (Å²) in [5.74, 6) is -0.850. The number of halogens is 1. The van der Waals surface area contributed by atoms with Crippen molar-refractivity contribution in [1.82, 2.24) is 4.90 Å². The summed E-state index contributed by atoms with van der Waals surface area (Å²) in [6, 6.07) is 12.4. The summed E-state index contributed by atoms with van der Waals surface area (Å²) in [5.41, 5.74) is 2.48. The second-order valence-electron chi connectivity index (χ2n) is 6.70. The lowest BCUT2D eigenvalue weighted by molar-refractivity contribution is 0.0661. The largest absolute Gasteiger partial charge is 0.505 e. The Balaban J connectivity index is 1.42. The molecular weight excluding hydrogens is 335 g/mol. The molecule has 5 nitrogen and oxygen atoms in total. The molecule has 6 heteroatoms. The first-order valence-corrected chi connectivity index (χ1v) is 8.84. The second-order valence-corrected chi connectivity index (χ2v) is 6.70. The maximum atomic E-state index is 13.3. The quantitative estimate of drug-likeness (QED) is 0.829. The van der Waals surface area contributed by atoms with Gasteiger partial charge in [-0.05, 0) is 31.2 Å². The van der Waals surface area contributed by atoms with Crippen molar-refractivity contribution in [3.05, 3.63) is 53.8 Å². The molecule has 1 heterocycles. The molecule has 2 N–H and O–H groups in total. The van der Waals surface area contributed by atoms with Gasteiger partial charge < -0.3 is 19.8 Å². The Kier molecular flexibility index (Phi) is 5.96. The summed E-state index contributed by atoms with van der Waals surface area (Å²) in [7, 11) is 0. The molecule has 2 aromatic rings. The van der Waals surface area contributed by atoms with Crippen LogP contribution in [0.3, 0.4) is 0 Å². The minimum atomic E-state index is -0.732. The number of piperazine rings is 1. The SMILES string of the molecule is Cc1ccc(N2CCN(C[C@H](O)COc3ccc(O)c(F)c3)CC2)cc1. The van der Waals surface area contributed by atoms with Crippen molar-refractivity contribution in [2.75, 3.05) is 44.2 Å². The van der Waals surface area contributed by atoms with E-state index >= 15 is 0 Å². The predicted molar refractivity (Wildman–Crippen MR) is 99.4 cm³/mol. The minimum absolute atomic E-state index is 0.0857. The zero-order valence-electron chi connectivity index (χ0n) is 14.9. The smallest absolute Gasteiger partial charge is 0.168 e. The first-order valence-electron chi connectivity index (χ1n) is 8.84. The molecule has 1 fully saturated rings. The summed E-state index contributed by atoms with van der Waals surface area (Å²) in [6.07, 6.45) is -0.655. The van der Waals surface area contributed by atoms with Crippen LogP contribution in [0.25, 0.3) is 0 Å². The average molecular weight is 360 g/mol. The van der Waals surface area contributed by atoms with Crippen LogP contribution in [-0.4, -0.2) is 60.5 Å². The first kappa shape index (κ1) is 18.5. The van der Waals surface area contributed by atoms with E-state index in [4.69, 9.17) is 9.84 Å². The standard InChI is InChI=1S/C20H25FN2O3/c1-15-2-4-16(5-3-15)23-10-8-22(9-11-23)13-17(24)14-26-18-6-7-20(25)19(21)12-18/h2-7,12,17,24-25H,8-11,13-14H2,1H3/t17-/m0/s1. The third-order valence-electron chi connectivity index (χ3n) is 4.60. The molecule has 0 bridgehead atoms. The van der Waals surface area contributed by atoms with Gasteiger partial charge in [0.05, 0.1) is 0 Å². The fourth-order valence-electron chi connectivity index (χ4n) is 3.06. The van der Waals surface area contributed by atoms with Crippen molar-refractivity contribution in [1.29, 1.82) is 0 Å². The Hall–Kier alpha value is -2.31. The maximum Gasteiger partial charge on any atom is 0.168 e. The molecule has 0 amide bonds. The highest BCUT2D eigenvalue weighted by atomic mass is 19.1. The van der Waals surface area contributed by atoms with Gasteiger partial charge in [-0.2, -0.15) is 0 Å². The van der Waals surface area contributed by atoms with E-state index < -0.39 is 17.7 Å². The van der Waals surface area contributed by atoms with Gasteiger partial charge in [0.25, 0.3) is 0 Å². The molecule has 1 aliphatic heterocycles. The van der Waals surface area contributed by atoms with Gasteiger partial charge in [-0.15, -0.1) is 0 Å². The van der Waals surface area contributed by atoms with Gasteiger partial charge in [-0.1, -0.05) is 17.7 Å². The molecule has 3 rings (SSSR count). The summed E-state index contributed by atoms with van der Waals surface area (Å²) in [6.45, 7) is 6.26. The van der Waals surface area contributed by atoms with Gasteiger partial charge in [0.1, 0.15) is 18.5 Å². The number of aliphatic hydroxyl groups excluding tert-OH is 1. The molecule has 26 heavy (non-hydrogen) atoms. The summed E-state index contributed by atoms with van der Waals surface area (Å²) in [5, 5.41) is 19.3. The third-order valence-corrected chi connectivity index (χ3v) is 4.60. The number of β-amino-alcohol motifs (C(OH)–C–C–N with tert-alkyl or cyclic N) is 1. The molecule has 0 unspecified atom stereocenters. The van der Waals surface area contributed by atoms with Crippen LogP contribution in [0.4, 0.5) is 10.1 Å². The average Bonchev–Trinajstić information content (AvgIpc) is 2.64. The number of anilines is 1. The van der Waals surface area contributed by atoms with E-state index in [1.807, 2.05) is 0 Å². The number of phenols is 1. The topological polar surface area (TPSA) is 56.2 Å². The van der Waals surface area contributed by atoms with Crippen molar-refractivity contribution >= 4 is 5.69 Å². The molecule has 1 atom stereocenters. The number of benzene rings is 2. The van der Waals surface area contributed by atoms with E-state index in [1.54, 1.807) is 0 Å². The zero-order valence-corrected chi connectivity index (χ0v) is 14.9. The lowest BCUT2D eigenvalue weighted by Crippen LogP contribution is -2.49. The number of rotatable bonds is 6. The van der Waals surface area contributed by atoms with Gasteiger partial charge in [0.2, 0.25) is 0 Å². The Morgan fingerprint density at radius 2 is 1.77 bits per heavy atom. The summed E-state index contributed by atoms with van der Waals surface area (Å²) < 4.78 is 18.7. The van der Waals surface area contributed by atoms with Crippen molar-refractivity contribution in [3.8, 4) is 11.5 Å². The van der Waals surface area contributed by atoms with Gasteiger partial charge in [0.15, 0.2) is 11.6 Å². The highest BCUT2D eigenvalue weighted by Crippen LogP contribution is 2.21. The van der Waals surface area contributed by atoms with Gasteiger partial charge in [-0.25, -0.2) is 4.39 Å². The van der Waals surface area contributed by atoms with Crippen LogP contribution in [0.15, 0.2) is 42.5 Å². The second kappa shape index (κ2) is 8.38. The third kappa shape index (κ3) is 4.86. The van der Waals surface area contributed by atoms with Crippen molar-refractivity contribution in [2.45, 2.75) is 13.0 Å². The van der Waals surface area contributed by atoms with Crippen LogP contribution in [0.2, 0.25) is 0 Å². The number of hydrogen-bond donors (Lipinski definition) is 2. The molecule has 1 saturated heterocycles. The minimum Gasteiger partial charge on any atom is -0.505 e. The molecule has 140 valence electrons. The van der Waals surface area contributed by atoms with E-state index in [9.17, 15) is 9.50 Å². The normalized spacial score (nSPS) is 16.5. The van der Waals surface area contributed by atoms with Crippen molar-refractivity contribution in [3.63, 3.8) is 0 Å². The number of nitrogens with zero attached hydrogens (tertiary/aromatic N) is 2. The first-order chi connectivity index (χ1) is 12.5.